The van der Waals surface area contributed by atoms with Gasteiger partial charge in [-0.2, -0.15) is 0 Å². The van der Waals surface area contributed by atoms with Gasteiger partial charge in [-0.3, -0.25) is 0 Å². The summed E-state index contributed by atoms with van der Waals surface area (Å²) < 4.78 is 2.24. The lowest BCUT2D eigenvalue weighted by Crippen LogP contribution is -2.08. The van der Waals surface area contributed by atoms with E-state index in [2.05, 4.69) is 47.7 Å². The maximum absolute atomic E-state index is 4.75. The highest BCUT2D eigenvalue weighted by Crippen LogP contribution is 2.18. The molecule has 102 valence electrons. The molecule has 0 radical (unpaired) electrons. The van der Waals surface area contributed by atoms with Crippen molar-refractivity contribution >= 4 is 11.2 Å². The Morgan fingerprint density at radius 2 is 1.85 bits per heavy atom. The Labute approximate surface area is 119 Å². The smallest absolute Gasteiger partial charge is 0.160 e. The van der Waals surface area contributed by atoms with E-state index < -0.39 is 0 Å². The number of hydrogen-bond donors (Lipinski definition) is 0. The SMILES string of the molecule is CC(C)Cc1nc2cccnc2n1Cc1ccccc1. The number of hydrogen-bond acceptors (Lipinski definition) is 2. The van der Waals surface area contributed by atoms with Gasteiger partial charge in [0, 0.05) is 12.6 Å². The van der Waals surface area contributed by atoms with E-state index in [1.165, 1.54) is 5.56 Å². The first kappa shape index (κ1) is 12.9. The molecule has 0 spiro atoms. The zero-order chi connectivity index (χ0) is 13.9. The van der Waals surface area contributed by atoms with Crippen molar-refractivity contribution in [2.75, 3.05) is 0 Å². The Morgan fingerprint density at radius 3 is 2.60 bits per heavy atom. The highest BCUT2D eigenvalue weighted by atomic mass is 15.1. The summed E-state index contributed by atoms with van der Waals surface area (Å²) in [5, 5.41) is 0. The molecule has 0 aliphatic heterocycles. The fourth-order valence-electron chi connectivity index (χ4n) is 2.46. The van der Waals surface area contributed by atoms with E-state index in [0.717, 1.165) is 30.0 Å². The van der Waals surface area contributed by atoms with E-state index in [1.807, 2.05) is 24.4 Å². The van der Waals surface area contributed by atoms with Gasteiger partial charge in [0.05, 0.1) is 6.54 Å². The molecule has 0 saturated heterocycles. The maximum atomic E-state index is 4.75. The van der Waals surface area contributed by atoms with E-state index >= 15 is 0 Å². The van der Waals surface area contributed by atoms with Gasteiger partial charge in [0.15, 0.2) is 5.65 Å². The van der Waals surface area contributed by atoms with Crippen LogP contribution in [0.2, 0.25) is 0 Å². The third-order valence-corrected chi connectivity index (χ3v) is 3.36. The predicted octanol–water partition coefficient (Wildman–Crippen LogP) is 3.68. The van der Waals surface area contributed by atoms with Crippen LogP contribution in [0.4, 0.5) is 0 Å². The van der Waals surface area contributed by atoms with Gasteiger partial charge in [-0.15, -0.1) is 0 Å². The van der Waals surface area contributed by atoms with Gasteiger partial charge in [-0.05, 0) is 23.6 Å². The molecule has 0 saturated carbocycles. The second kappa shape index (κ2) is 5.45. The van der Waals surface area contributed by atoms with Crippen molar-refractivity contribution in [3.8, 4) is 0 Å². The van der Waals surface area contributed by atoms with E-state index in [-0.39, 0.29) is 0 Å². The van der Waals surface area contributed by atoms with Crippen molar-refractivity contribution in [3.63, 3.8) is 0 Å². The molecular formula is C17H19N3. The Kier molecular flexibility index (Phi) is 3.50. The van der Waals surface area contributed by atoms with Crippen LogP contribution < -0.4 is 0 Å². The first-order chi connectivity index (χ1) is 9.74. The molecule has 0 fully saturated rings. The second-order valence-corrected chi connectivity index (χ2v) is 5.54. The van der Waals surface area contributed by atoms with Crippen LogP contribution in [-0.2, 0) is 13.0 Å². The Balaban J connectivity index is 2.06. The molecule has 2 heterocycles. The minimum absolute atomic E-state index is 0.585. The predicted molar refractivity (Wildman–Crippen MR) is 81.6 cm³/mol. The summed E-state index contributed by atoms with van der Waals surface area (Å²) in [5.74, 6) is 1.71. The highest BCUT2D eigenvalue weighted by molar-refractivity contribution is 5.71. The third-order valence-electron chi connectivity index (χ3n) is 3.36. The van der Waals surface area contributed by atoms with Crippen LogP contribution in [0.3, 0.4) is 0 Å². The molecule has 0 N–H and O–H groups in total. The van der Waals surface area contributed by atoms with Gasteiger partial charge in [-0.1, -0.05) is 44.2 Å². The van der Waals surface area contributed by atoms with E-state index in [4.69, 9.17) is 4.98 Å². The number of benzene rings is 1. The van der Waals surface area contributed by atoms with Gasteiger partial charge in [0.2, 0.25) is 0 Å². The minimum atomic E-state index is 0.585. The summed E-state index contributed by atoms with van der Waals surface area (Å²) in [6, 6.07) is 14.5. The zero-order valence-corrected chi connectivity index (χ0v) is 12.0. The van der Waals surface area contributed by atoms with E-state index in [9.17, 15) is 0 Å². The molecule has 0 amide bonds. The topological polar surface area (TPSA) is 30.7 Å². The standard InChI is InChI=1S/C17H19N3/c1-13(2)11-16-19-15-9-6-10-18-17(15)20(16)12-14-7-4-3-5-8-14/h3-10,13H,11-12H2,1-2H3. The van der Waals surface area contributed by atoms with Crippen molar-refractivity contribution in [1.29, 1.82) is 0 Å². The maximum Gasteiger partial charge on any atom is 0.160 e. The van der Waals surface area contributed by atoms with Crippen LogP contribution in [0.25, 0.3) is 11.2 Å². The van der Waals surface area contributed by atoms with Crippen LogP contribution >= 0.6 is 0 Å². The number of pyridine rings is 1. The molecule has 0 bridgehead atoms. The minimum Gasteiger partial charge on any atom is -0.308 e. The molecule has 1 aromatic carbocycles. The molecule has 3 heteroatoms. The Morgan fingerprint density at radius 1 is 1.05 bits per heavy atom. The summed E-state index contributed by atoms with van der Waals surface area (Å²) >= 11 is 0. The Hall–Kier alpha value is -2.16. The summed E-state index contributed by atoms with van der Waals surface area (Å²) in [6.45, 7) is 5.27. The lowest BCUT2D eigenvalue weighted by molar-refractivity contribution is 0.594. The summed E-state index contributed by atoms with van der Waals surface area (Å²) in [5.41, 5.74) is 3.24. The third kappa shape index (κ3) is 2.57. The Bertz CT molecular complexity index is 699. The fourth-order valence-corrected chi connectivity index (χ4v) is 2.46. The molecule has 3 nitrogen and oxygen atoms in total. The lowest BCUT2D eigenvalue weighted by Gasteiger charge is -2.10. The number of imidazole rings is 1. The monoisotopic (exact) mass is 265 g/mol. The van der Waals surface area contributed by atoms with Gasteiger partial charge in [0.1, 0.15) is 11.3 Å². The molecule has 3 aromatic rings. The second-order valence-electron chi connectivity index (χ2n) is 5.54. The fraction of sp³-hybridized carbons (Fsp3) is 0.294. The summed E-state index contributed by atoms with van der Waals surface area (Å²) in [4.78, 5) is 9.26. The van der Waals surface area contributed by atoms with Gasteiger partial charge < -0.3 is 4.57 Å². The average molecular weight is 265 g/mol. The number of rotatable bonds is 4. The van der Waals surface area contributed by atoms with Gasteiger partial charge >= 0.3 is 0 Å². The van der Waals surface area contributed by atoms with Crippen LogP contribution in [0.5, 0.6) is 0 Å². The van der Waals surface area contributed by atoms with E-state index in [1.54, 1.807) is 0 Å². The van der Waals surface area contributed by atoms with Crippen molar-refractivity contribution in [3.05, 3.63) is 60.0 Å². The summed E-state index contributed by atoms with van der Waals surface area (Å²) in [6.07, 6.45) is 2.81. The van der Waals surface area contributed by atoms with Crippen LogP contribution in [0.15, 0.2) is 48.7 Å². The van der Waals surface area contributed by atoms with Crippen LogP contribution in [0.1, 0.15) is 25.2 Å². The van der Waals surface area contributed by atoms with Gasteiger partial charge in [-0.25, -0.2) is 9.97 Å². The van der Waals surface area contributed by atoms with Crippen LogP contribution in [0, 0.1) is 5.92 Å². The molecule has 0 aliphatic rings. The van der Waals surface area contributed by atoms with Crippen molar-refractivity contribution in [2.45, 2.75) is 26.8 Å². The zero-order valence-electron chi connectivity index (χ0n) is 12.0. The molecule has 20 heavy (non-hydrogen) atoms. The van der Waals surface area contributed by atoms with Crippen molar-refractivity contribution in [1.82, 2.24) is 14.5 Å². The molecule has 0 atom stereocenters. The number of fused-ring (bicyclic) bond motifs is 1. The highest BCUT2D eigenvalue weighted by Gasteiger charge is 2.12. The quantitative estimate of drug-likeness (QED) is 0.720. The number of aromatic nitrogens is 3. The normalized spacial score (nSPS) is 11.3. The first-order valence-corrected chi connectivity index (χ1v) is 7.08. The number of nitrogens with zero attached hydrogens (tertiary/aromatic N) is 3. The van der Waals surface area contributed by atoms with E-state index in [0.29, 0.717) is 5.92 Å². The lowest BCUT2D eigenvalue weighted by atomic mass is 10.1. The average Bonchev–Trinajstić information content (AvgIpc) is 2.77. The molecule has 3 rings (SSSR count). The molecule has 0 aliphatic carbocycles. The summed E-state index contributed by atoms with van der Waals surface area (Å²) in [7, 11) is 0. The van der Waals surface area contributed by atoms with Crippen molar-refractivity contribution in [2.24, 2.45) is 5.92 Å². The van der Waals surface area contributed by atoms with Crippen molar-refractivity contribution < 1.29 is 0 Å². The first-order valence-electron chi connectivity index (χ1n) is 7.08. The molecular weight excluding hydrogens is 246 g/mol. The largest absolute Gasteiger partial charge is 0.308 e. The molecule has 2 aromatic heterocycles. The van der Waals surface area contributed by atoms with Gasteiger partial charge in [0.25, 0.3) is 0 Å². The molecule has 0 unspecified atom stereocenters. The van der Waals surface area contributed by atoms with Crippen LogP contribution in [-0.4, -0.2) is 14.5 Å².